The highest BCUT2D eigenvalue weighted by Crippen LogP contribution is 2.30. The van der Waals surface area contributed by atoms with E-state index >= 15 is 0 Å². The van der Waals surface area contributed by atoms with Gasteiger partial charge in [-0.1, -0.05) is 22.0 Å². The Morgan fingerprint density at radius 3 is 2.62 bits per heavy atom. The lowest BCUT2D eigenvalue weighted by Gasteiger charge is -2.09. The lowest BCUT2D eigenvalue weighted by atomic mass is 10.1. The minimum absolute atomic E-state index is 0.0851. The molecular weight excluding hydrogens is 234 g/mol. The number of alkyl halides is 1. The van der Waals surface area contributed by atoms with Gasteiger partial charge in [0.2, 0.25) is 0 Å². The van der Waals surface area contributed by atoms with Gasteiger partial charge in [-0.2, -0.15) is 0 Å². The van der Waals surface area contributed by atoms with E-state index in [2.05, 4.69) is 21.2 Å². The Hall–Kier alpha value is -0.740. The summed E-state index contributed by atoms with van der Waals surface area (Å²) in [5, 5.41) is 21.3. The number of aromatic hydroxyl groups is 2. The highest BCUT2D eigenvalue weighted by Gasteiger charge is 2.08. The summed E-state index contributed by atoms with van der Waals surface area (Å²) < 4.78 is 0. The van der Waals surface area contributed by atoms with Crippen LogP contribution >= 0.6 is 15.9 Å². The zero-order valence-corrected chi connectivity index (χ0v) is 8.87. The summed E-state index contributed by atoms with van der Waals surface area (Å²) in [6.45, 7) is 0.768. The van der Waals surface area contributed by atoms with Crippen LogP contribution in [0, 0.1) is 0 Å². The first-order chi connectivity index (χ1) is 6.15. The van der Waals surface area contributed by atoms with E-state index in [0.717, 1.165) is 12.1 Å². The number of hydrogen-bond donors (Lipinski definition) is 3. The van der Waals surface area contributed by atoms with E-state index in [0.29, 0.717) is 0 Å². The Morgan fingerprint density at radius 2 is 2.08 bits per heavy atom. The fraction of sp³-hybridized carbons (Fsp3) is 0.333. The first-order valence-electron chi connectivity index (χ1n) is 3.95. The molecule has 1 aromatic carbocycles. The van der Waals surface area contributed by atoms with E-state index in [1.54, 1.807) is 12.1 Å². The number of phenolic OH excluding ortho intramolecular Hbond substituents is 2. The van der Waals surface area contributed by atoms with E-state index in [-0.39, 0.29) is 16.3 Å². The van der Waals surface area contributed by atoms with Gasteiger partial charge in [-0.05, 0) is 24.7 Å². The maximum Gasteiger partial charge on any atom is 0.157 e. The number of halogens is 1. The van der Waals surface area contributed by atoms with Crippen molar-refractivity contribution in [3.8, 4) is 11.5 Å². The monoisotopic (exact) mass is 245 g/mol. The molecule has 0 unspecified atom stereocenters. The predicted molar refractivity (Wildman–Crippen MR) is 55.4 cm³/mol. The molecule has 1 atom stereocenters. The average Bonchev–Trinajstić information content (AvgIpc) is 2.10. The van der Waals surface area contributed by atoms with Gasteiger partial charge in [0.05, 0.1) is 4.83 Å². The van der Waals surface area contributed by atoms with Crippen LogP contribution < -0.4 is 5.32 Å². The summed E-state index contributed by atoms with van der Waals surface area (Å²) in [6, 6.07) is 4.80. The van der Waals surface area contributed by atoms with E-state index in [9.17, 15) is 5.11 Å². The van der Waals surface area contributed by atoms with Crippen LogP contribution in [0.4, 0.5) is 0 Å². The van der Waals surface area contributed by atoms with Crippen LogP contribution in [0.15, 0.2) is 18.2 Å². The molecule has 1 aromatic rings. The molecule has 3 N–H and O–H groups in total. The van der Waals surface area contributed by atoms with Crippen LogP contribution in [0.25, 0.3) is 0 Å². The molecule has 0 spiro atoms. The largest absolute Gasteiger partial charge is 0.504 e. The number of nitrogens with one attached hydrogen (secondary N) is 1. The number of likely N-dealkylation sites (N-methyl/N-ethyl adjacent to an activating group) is 1. The average molecular weight is 246 g/mol. The van der Waals surface area contributed by atoms with Gasteiger partial charge in [-0.25, -0.2) is 0 Å². The molecule has 0 fully saturated rings. The van der Waals surface area contributed by atoms with E-state index < -0.39 is 0 Å². The van der Waals surface area contributed by atoms with Gasteiger partial charge in [-0.3, -0.25) is 0 Å². The standard InChI is InChI=1S/C9H12BrNO2/c1-11-5-7(10)6-2-3-8(12)9(13)4-6/h2-4,7,11-13H,5H2,1H3/t7-/m0/s1. The summed E-state index contributed by atoms with van der Waals surface area (Å²) in [6.07, 6.45) is 0. The van der Waals surface area contributed by atoms with Gasteiger partial charge < -0.3 is 15.5 Å². The normalized spacial score (nSPS) is 12.8. The number of rotatable bonds is 3. The third-order valence-corrected chi connectivity index (χ3v) is 2.60. The minimum Gasteiger partial charge on any atom is -0.504 e. The van der Waals surface area contributed by atoms with Crippen LogP contribution in [-0.4, -0.2) is 23.8 Å². The molecule has 4 heteroatoms. The van der Waals surface area contributed by atoms with Crippen molar-refractivity contribution >= 4 is 15.9 Å². The Labute approximate surface area is 85.5 Å². The topological polar surface area (TPSA) is 52.5 Å². The van der Waals surface area contributed by atoms with Gasteiger partial charge >= 0.3 is 0 Å². The van der Waals surface area contributed by atoms with Gasteiger partial charge in [0, 0.05) is 6.54 Å². The van der Waals surface area contributed by atoms with Crippen molar-refractivity contribution in [3.63, 3.8) is 0 Å². The van der Waals surface area contributed by atoms with Crippen LogP contribution in [0.5, 0.6) is 11.5 Å². The molecule has 0 saturated carbocycles. The molecule has 0 aliphatic carbocycles. The molecule has 0 radical (unpaired) electrons. The van der Waals surface area contributed by atoms with Gasteiger partial charge in [0.1, 0.15) is 0 Å². The zero-order chi connectivity index (χ0) is 9.84. The minimum atomic E-state index is -0.0899. The smallest absolute Gasteiger partial charge is 0.157 e. The lowest BCUT2D eigenvalue weighted by molar-refractivity contribution is 0.403. The first-order valence-corrected chi connectivity index (χ1v) is 4.87. The van der Waals surface area contributed by atoms with Crippen LogP contribution in [0.1, 0.15) is 10.4 Å². The summed E-state index contributed by atoms with van der Waals surface area (Å²) >= 11 is 3.45. The summed E-state index contributed by atoms with van der Waals surface area (Å²) in [5.41, 5.74) is 0.935. The summed E-state index contributed by atoms with van der Waals surface area (Å²) in [7, 11) is 1.86. The molecule has 0 heterocycles. The van der Waals surface area contributed by atoms with Crippen molar-refractivity contribution in [1.29, 1.82) is 0 Å². The van der Waals surface area contributed by atoms with Crippen LogP contribution in [0.2, 0.25) is 0 Å². The SMILES string of the molecule is CNC[C@H](Br)c1ccc(O)c(O)c1. The highest BCUT2D eigenvalue weighted by molar-refractivity contribution is 9.09. The molecule has 1 rings (SSSR count). The van der Waals surface area contributed by atoms with E-state index in [4.69, 9.17) is 5.11 Å². The Bertz CT molecular complexity index is 291. The Morgan fingerprint density at radius 1 is 1.38 bits per heavy atom. The first kappa shape index (κ1) is 10.3. The number of phenols is 2. The lowest BCUT2D eigenvalue weighted by Crippen LogP contribution is -2.12. The molecule has 0 aliphatic heterocycles. The molecular formula is C9H12BrNO2. The molecule has 0 saturated heterocycles. The van der Waals surface area contributed by atoms with Gasteiger partial charge in [0.25, 0.3) is 0 Å². The molecule has 72 valence electrons. The van der Waals surface area contributed by atoms with Crippen molar-refractivity contribution in [1.82, 2.24) is 5.32 Å². The Kier molecular flexibility index (Phi) is 3.57. The zero-order valence-electron chi connectivity index (χ0n) is 7.29. The van der Waals surface area contributed by atoms with Crippen molar-refractivity contribution in [2.24, 2.45) is 0 Å². The van der Waals surface area contributed by atoms with Crippen molar-refractivity contribution in [2.45, 2.75) is 4.83 Å². The van der Waals surface area contributed by atoms with Crippen molar-refractivity contribution in [2.75, 3.05) is 13.6 Å². The van der Waals surface area contributed by atoms with E-state index in [1.165, 1.54) is 6.07 Å². The number of hydrogen-bond acceptors (Lipinski definition) is 3. The molecule has 0 bridgehead atoms. The Balaban J connectivity index is 2.84. The quantitative estimate of drug-likeness (QED) is 0.562. The predicted octanol–water partition coefficient (Wildman–Crippen LogP) is 1.75. The fourth-order valence-electron chi connectivity index (χ4n) is 1.03. The third-order valence-electron chi connectivity index (χ3n) is 1.74. The van der Waals surface area contributed by atoms with Crippen LogP contribution in [-0.2, 0) is 0 Å². The molecule has 0 amide bonds. The van der Waals surface area contributed by atoms with Crippen molar-refractivity contribution in [3.05, 3.63) is 23.8 Å². The van der Waals surface area contributed by atoms with Gasteiger partial charge in [0.15, 0.2) is 11.5 Å². The second kappa shape index (κ2) is 4.48. The maximum absolute atomic E-state index is 9.23. The van der Waals surface area contributed by atoms with Gasteiger partial charge in [-0.15, -0.1) is 0 Å². The second-order valence-corrected chi connectivity index (χ2v) is 3.88. The molecule has 13 heavy (non-hydrogen) atoms. The highest BCUT2D eigenvalue weighted by atomic mass is 79.9. The molecule has 0 aromatic heterocycles. The molecule has 3 nitrogen and oxygen atoms in total. The van der Waals surface area contributed by atoms with Crippen LogP contribution in [0.3, 0.4) is 0 Å². The summed E-state index contributed by atoms with van der Waals surface area (Å²) in [5.74, 6) is -0.175. The molecule has 0 aliphatic rings. The van der Waals surface area contributed by atoms with Crippen molar-refractivity contribution < 1.29 is 10.2 Å². The third kappa shape index (κ3) is 2.60. The number of benzene rings is 1. The maximum atomic E-state index is 9.23. The second-order valence-electron chi connectivity index (χ2n) is 2.77. The fourth-order valence-corrected chi connectivity index (χ4v) is 1.64. The summed E-state index contributed by atoms with van der Waals surface area (Å²) in [4.78, 5) is 0.143. The van der Waals surface area contributed by atoms with E-state index in [1.807, 2.05) is 7.05 Å².